The number of amides is 7. The normalized spacial score (nSPS) is 23.5. The monoisotopic (exact) mass is 931 g/mol. The van der Waals surface area contributed by atoms with Crippen LogP contribution in [0.15, 0.2) is 35.3 Å². The number of aliphatic imine (C=N–C) groups is 1. The zero-order valence-corrected chi connectivity index (χ0v) is 39.0. The van der Waals surface area contributed by atoms with Crippen LogP contribution in [-0.4, -0.2) is 125 Å². The molecule has 14 N–H and O–H groups in total. The first-order valence-electron chi connectivity index (χ1n) is 23.0. The maximum Gasteiger partial charge on any atom is 0.328 e. The Kier molecular flexibility index (Phi) is 25.3. The summed E-state index contributed by atoms with van der Waals surface area (Å²) in [6, 6.07) is -0.637. The number of unbranched alkanes of at least 4 members (excludes halogenated alkanes) is 9. The minimum absolute atomic E-state index is 0.103. The topological polar surface area (TPSA) is 349 Å². The number of nitrogens with one attached hydrogen (secondary N) is 6. The summed E-state index contributed by atoms with van der Waals surface area (Å²) in [5, 5.41) is 36.2. The standard InChI is InChI=1S/C45H74N10O11/c1-26(2)36-41(62)51-32(23-30-19-15-14-16-20-30)40(61)55-37(28(4)56)42(63)52-33(25-34(46)58)39(60)50-27(3)44(65)66-29(5)38(43(64)54-36)53-35(59)24-31(57)21-17-12-10-8-6-7-9-11-13-18-22-49-45(47)48/h14-16,19-20,26-29,31-33,36-38,56-57H,6-13,17-18,21-25H2,1-5H3,(H2,46,58)(H,50,60)(H,51,62)(H,52,63)(H,53,59)(H,54,64)(H,55,61)(H4,47,48,49)/t27-,28-,29-,31-,32?,33-,36-,37-,38+/m1/s1. The molecule has 21 heteroatoms. The van der Waals surface area contributed by atoms with Crippen LogP contribution in [0.1, 0.15) is 124 Å². The fraction of sp³-hybridized carbons (Fsp3) is 0.667. The largest absolute Gasteiger partial charge is 0.458 e. The lowest BCUT2D eigenvalue weighted by Gasteiger charge is -2.30. The van der Waals surface area contributed by atoms with E-state index in [1.165, 1.54) is 20.8 Å². The van der Waals surface area contributed by atoms with Crippen LogP contribution in [0.5, 0.6) is 0 Å². The van der Waals surface area contributed by atoms with Crippen molar-refractivity contribution in [3.05, 3.63) is 35.9 Å². The summed E-state index contributed by atoms with van der Waals surface area (Å²) in [6.45, 7) is 7.63. The minimum Gasteiger partial charge on any atom is -0.458 e. The average molecular weight is 931 g/mol. The Hall–Kier alpha value is -5.83. The number of carbonyl (C=O) groups is 8. The lowest BCUT2D eigenvalue weighted by molar-refractivity contribution is -0.155. The van der Waals surface area contributed by atoms with Gasteiger partial charge in [-0.25, -0.2) is 4.79 Å². The molecule has 0 radical (unpaired) electrons. The van der Waals surface area contributed by atoms with Gasteiger partial charge in [0.15, 0.2) is 5.96 Å². The van der Waals surface area contributed by atoms with Crippen LogP contribution < -0.4 is 49.1 Å². The maximum atomic E-state index is 14.1. The molecule has 1 unspecified atom stereocenters. The zero-order chi connectivity index (χ0) is 49.3. The van der Waals surface area contributed by atoms with Crippen LogP contribution in [-0.2, 0) is 49.5 Å². The van der Waals surface area contributed by atoms with E-state index < -0.39 is 114 Å². The molecule has 1 aromatic rings. The number of esters is 1. The van der Waals surface area contributed by atoms with E-state index in [1.807, 2.05) is 0 Å². The lowest BCUT2D eigenvalue weighted by Crippen LogP contribution is -2.62. The molecule has 21 nitrogen and oxygen atoms in total. The van der Waals surface area contributed by atoms with Crippen LogP contribution in [0, 0.1) is 5.92 Å². The molecule has 0 saturated carbocycles. The highest BCUT2D eigenvalue weighted by Gasteiger charge is 2.38. The molecule has 7 amide bonds. The number of carbonyl (C=O) groups excluding carboxylic acids is 8. The number of hydrogen-bond donors (Lipinski definition) is 11. The van der Waals surface area contributed by atoms with Crippen LogP contribution in [0.25, 0.3) is 0 Å². The van der Waals surface area contributed by atoms with E-state index >= 15 is 0 Å². The first-order chi connectivity index (χ1) is 31.2. The summed E-state index contributed by atoms with van der Waals surface area (Å²) in [5.41, 5.74) is 16.6. The fourth-order valence-electron chi connectivity index (χ4n) is 7.21. The van der Waals surface area contributed by atoms with Crippen molar-refractivity contribution in [1.29, 1.82) is 0 Å². The first-order valence-corrected chi connectivity index (χ1v) is 23.0. The average Bonchev–Trinajstić information content (AvgIpc) is 3.24. The summed E-state index contributed by atoms with van der Waals surface area (Å²) >= 11 is 0. The highest BCUT2D eigenvalue weighted by atomic mass is 16.5. The van der Waals surface area contributed by atoms with Crippen LogP contribution >= 0.6 is 0 Å². The second-order valence-electron chi connectivity index (χ2n) is 17.3. The minimum atomic E-state index is -1.71. The number of aliphatic hydroxyl groups is 2. The summed E-state index contributed by atoms with van der Waals surface area (Å²) in [4.78, 5) is 112. The molecule has 1 fully saturated rings. The van der Waals surface area contributed by atoms with Crippen molar-refractivity contribution in [3.63, 3.8) is 0 Å². The third kappa shape index (κ3) is 21.4. The van der Waals surface area contributed by atoms with Crippen molar-refractivity contribution in [2.24, 2.45) is 28.1 Å². The molecule has 2 rings (SSSR count). The highest BCUT2D eigenvalue weighted by molar-refractivity contribution is 5.98. The van der Waals surface area contributed by atoms with Gasteiger partial charge in [-0.2, -0.15) is 0 Å². The third-order valence-corrected chi connectivity index (χ3v) is 11.0. The predicted octanol–water partition coefficient (Wildman–Crippen LogP) is -0.669. The molecule has 0 aromatic heterocycles. The Morgan fingerprint density at radius 3 is 1.79 bits per heavy atom. The molecule has 1 aromatic carbocycles. The number of benzene rings is 1. The van der Waals surface area contributed by atoms with Gasteiger partial charge in [-0.1, -0.05) is 102 Å². The molecule has 1 saturated heterocycles. The number of nitrogens with two attached hydrogens (primary N) is 3. The summed E-state index contributed by atoms with van der Waals surface area (Å²) in [7, 11) is 0. The molecule has 0 bridgehead atoms. The Bertz CT molecular complexity index is 1780. The van der Waals surface area contributed by atoms with E-state index in [0.717, 1.165) is 57.8 Å². The quantitative estimate of drug-likeness (QED) is 0.0298. The van der Waals surface area contributed by atoms with Gasteiger partial charge in [-0.05, 0) is 45.1 Å². The van der Waals surface area contributed by atoms with E-state index in [9.17, 15) is 48.6 Å². The smallest absolute Gasteiger partial charge is 0.328 e. The Morgan fingerprint density at radius 2 is 1.23 bits per heavy atom. The van der Waals surface area contributed by atoms with Crippen molar-refractivity contribution < 1.29 is 53.3 Å². The zero-order valence-electron chi connectivity index (χ0n) is 39.0. The Morgan fingerprint density at radius 1 is 0.697 bits per heavy atom. The molecule has 0 spiro atoms. The second-order valence-corrected chi connectivity index (χ2v) is 17.3. The van der Waals surface area contributed by atoms with Crippen molar-refractivity contribution >= 4 is 53.3 Å². The Balaban J connectivity index is 2.29. The second kappa shape index (κ2) is 29.7. The van der Waals surface area contributed by atoms with Crippen LogP contribution in [0.4, 0.5) is 0 Å². The van der Waals surface area contributed by atoms with Gasteiger partial charge < -0.3 is 64.1 Å². The van der Waals surface area contributed by atoms with Crippen LogP contribution in [0.3, 0.4) is 0 Å². The van der Waals surface area contributed by atoms with E-state index in [2.05, 4.69) is 36.9 Å². The molecule has 66 heavy (non-hydrogen) atoms. The summed E-state index contributed by atoms with van der Waals surface area (Å²) in [5.74, 6) is -8.16. The van der Waals surface area contributed by atoms with Gasteiger partial charge in [0.2, 0.25) is 41.4 Å². The number of hydrogen-bond acceptors (Lipinski definition) is 12. The van der Waals surface area contributed by atoms with Crippen molar-refractivity contribution in [3.8, 4) is 0 Å². The number of primary amides is 1. The van der Waals surface area contributed by atoms with Crippen molar-refractivity contribution in [2.45, 2.75) is 179 Å². The van der Waals surface area contributed by atoms with Crippen molar-refractivity contribution in [2.75, 3.05) is 6.54 Å². The summed E-state index contributed by atoms with van der Waals surface area (Å²) < 4.78 is 5.56. The molecule has 1 heterocycles. The molecule has 0 aliphatic carbocycles. The number of rotatable bonds is 22. The van der Waals surface area contributed by atoms with E-state index in [4.69, 9.17) is 21.9 Å². The highest BCUT2D eigenvalue weighted by Crippen LogP contribution is 2.15. The molecule has 1 aliphatic rings. The van der Waals surface area contributed by atoms with Crippen molar-refractivity contribution in [1.82, 2.24) is 31.9 Å². The third-order valence-electron chi connectivity index (χ3n) is 11.0. The van der Waals surface area contributed by atoms with Gasteiger partial charge in [0.25, 0.3) is 0 Å². The van der Waals surface area contributed by atoms with Gasteiger partial charge in [0, 0.05) is 13.0 Å². The van der Waals surface area contributed by atoms with Gasteiger partial charge in [-0.15, -0.1) is 0 Å². The number of nitrogens with zero attached hydrogens (tertiary/aromatic N) is 1. The van der Waals surface area contributed by atoms with Gasteiger partial charge in [0.05, 0.1) is 25.0 Å². The van der Waals surface area contributed by atoms with Gasteiger partial charge in [0.1, 0.15) is 42.4 Å². The SMILES string of the molecule is CC(C)[C@H]1NC(=O)[C@@H](NC(=O)C[C@H](O)CCCCCCCCCCCCN=C(N)N)[C@@H](C)OC(=O)[C@@H](C)NC(=O)[C@@H](CC(N)=O)NC(=O)[C@@H]([C@@H](C)O)NC(=O)C(Cc2ccccc2)NC1=O. The van der Waals surface area contributed by atoms with Gasteiger partial charge >= 0.3 is 5.97 Å². The van der Waals surface area contributed by atoms with E-state index in [-0.39, 0.29) is 18.8 Å². The molecular formula is C45H74N10O11. The Labute approximate surface area is 387 Å². The molecule has 370 valence electrons. The van der Waals surface area contributed by atoms with E-state index in [1.54, 1.807) is 44.2 Å². The number of guanidine groups is 1. The predicted molar refractivity (Wildman–Crippen MR) is 245 cm³/mol. The number of aliphatic hydroxyl groups excluding tert-OH is 2. The first kappa shape index (κ1) is 56.3. The van der Waals surface area contributed by atoms with Crippen LogP contribution in [0.2, 0.25) is 0 Å². The molecular weight excluding hydrogens is 857 g/mol. The maximum absolute atomic E-state index is 14.1. The molecule has 1 aliphatic heterocycles. The fourth-order valence-corrected chi connectivity index (χ4v) is 7.21. The van der Waals surface area contributed by atoms with E-state index in [0.29, 0.717) is 24.9 Å². The number of ether oxygens (including phenoxy) is 1. The summed E-state index contributed by atoms with van der Waals surface area (Å²) in [6.07, 6.45) is 5.09. The lowest BCUT2D eigenvalue weighted by atomic mass is 9.99. The molecule has 9 atom stereocenters. The number of cyclic esters (lactones) is 1. The van der Waals surface area contributed by atoms with Gasteiger partial charge in [-0.3, -0.25) is 38.6 Å².